The number of carbonyl (C=O) groups is 2. The van der Waals surface area contributed by atoms with Gasteiger partial charge >= 0.3 is 6.18 Å². The average Bonchev–Trinajstić information content (AvgIpc) is 3.06. The van der Waals surface area contributed by atoms with Crippen molar-refractivity contribution in [2.75, 3.05) is 11.4 Å². The summed E-state index contributed by atoms with van der Waals surface area (Å²) >= 11 is 0. The number of rotatable bonds is 4. The van der Waals surface area contributed by atoms with E-state index in [1.807, 2.05) is 12.1 Å². The number of nitrogens with one attached hydrogen (secondary N) is 1. The van der Waals surface area contributed by atoms with Crippen LogP contribution in [-0.4, -0.2) is 30.6 Å². The molecule has 1 N–H and O–H groups in total. The van der Waals surface area contributed by atoms with Gasteiger partial charge in [-0.3, -0.25) is 9.59 Å². The third-order valence-electron chi connectivity index (χ3n) is 5.22. The van der Waals surface area contributed by atoms with E-state index in [9.17, 15) is 22.8 Å². The van der Waals surface area contributed by atoms with Crippen molar-refractivity contribution in [3.8, 4) is 0 Å². The van der Waals surface area contributed by atoms with Gasteiger partial charge in [-0.25, -0.2) is 0 Å². The molecule has 0 radical (unpaired) electrons. The fourth-order valence-electron chi connectivity index (χ4n) is 3.78. The van der Waals surface area contributed by atoms with Gasteiger partial charge < -0.3 is 10.2 Å². The van der Waals surface area contributed by atoms with Crippen LogP contribution < -0.4 is 10.2 Å². The maximum Gasteiger partial charge on any atom is 0.393 e. The van der Waals surface area contributed by atoms with Gasteiger partial charge in [0.2, 0.25) is 11.8 Å². The standard InChI is InChI=1S/C20H23F3N2O2/c21-20(22,23)16-4-1-2-5-17(16)24-18(26)12-9-14-7-10-15(11-8-14)25-13-3-6-19(25)27/h7-12,16-17H,1-6,13H2,(H,24,26)/b12-9+/t16-,17-/m0/s1. The average molecular weight is 380 g/mol. The summed E-state index contributed by atoms with van der Waals surface area (Å²) in [6, 6.07) is 6.32. The van der Waals surface area contributed by atoms with Gasteiger partial charge in [-0.05, 0) is 43.0 Å². The summed E-state index contributed by atoms with van der Waals surface area (Å²) in [6.45, 7) is 0.707. The number of benzene rings is 1. The van der Waals surface area contributed by atoms with Crippen molar-refractivity contribution in [1.29, 1.82) is 0 Å². The Morgan fingerprint density at radius 1 is 1.11 bits per heavy atom. The summed E-state index contributed by atoms with van der Waals surface area (Å²) in [6.07, 6.45) is 1.59. The molecule has 1 saturated heterocycles. The summed E-state index contributed by atoms with van der Waals surface area (Å²) < 4.78 is 39.3. The molecule has 0 unspecified atom stereocenters. The summed E-state index contributed by atoms with van der Waals surface area (Å²) in [5.41, 5.74) is 1.56. The molecule has 1 aromatic carbocycles. The third kappa shape index (κ3) is 4.90. The second kappa shape index (κ2) is 8.15. The van der Waals surface area contributed by atoms with E-state index in [1.165, 1.54) is 6.08 Å². The van der Waals surface area contributed by atoms with Crippen LogP contribution >= 0.6 is 0 Å². The molecule has 0 aromatic heterocycles. The third-order valence-corrected chi connectivity index (χ3v) is 5.22. The highest BCUT2D eigenvalue weighted by Crippen LogP contribution is 2.37. The predicted molar refractivity (Wildman–Crippen MR) is 97.0 cm³/mol. The first kappa shape index (κ1) is 19.5. The molecule has 1 heterocycles. The van der Waals surface area contributed by atoms with Crippen LogP contribution in [0.3, 0.4) is 0 Å². The van der Waals surface area contributed by atoms with Gasteiger partial charge in [0.15, 0.2) is 0 Å². The van der Waals surface area contributed by atoms with Crippen LogP contribution in [0, 0.1) is 5.92 Å². The number of halogens is 3. The van der Waals surface area contributed by atoms with E-state index in [0.29, 0.717) is 32.2 Å². The van der Waals surface area contributed by atoms with Crippen LogP contribution in [0.1, 0.15) is 44.1 Å². The Balaban J connectivity index is 1.58. The largest absolute Gasteiger partial charge is 0.393 e. The van der Waals surface area contributed by atoms with Gasteiger partial charge in [0, 0.05) is 30.8 Å². The van der Waals surface area contributed by atoms with Crippen LogP contribution in [0.4, 0.5) is 18.9 Å². The number of nitrogens with zero attached hydrogens (tertiary/aromatic N) is 1. The maximum absolute atomic E-state index is 13.1. The molecule has 1 saturated carbocycles. The van der Waals surface area contributed by atoms with Crippen molar-refractivity contribution >= 4 is 23.6 Å². The lowest BCUT2D eigenvalue weighted by molar-refractivity contribution is -0.188. The van der Waals surface area contributed by atoms with Crippen LogP contribution in [0.2, 0.25) is 0 Å². The van der Waals surface area contributed by atoms with Crippen molar-refractivity contribution in [2.24, 2.45) is 5.92 Å². The second-order valence-electron chi connectivity index (χ2n) is 7.12. The van der Waals surface area contributed by atoms with Crippen LogP contribution in [-0.2, 0) is 9.59 Å². The van der Waals surface area contributed by atoms with Gasteiger partial charge in [0.05, 0.1) is 5.92 Å². The van der Waals surface area contributed by atoms with Gasteiger partial charge in [-0.2, -0.15) is 13.2 Å². The topological polar surface area (TPSA) is 49.4 Å². The molecule has 2 fully saturated rings. The number of hydrogen-bond acceptors (Lipinski definition) is 2. The Hall–Kier alpha value is -2.31. The molecule has 0 bridgehead atoms. The van der Waals surface area contributed by atoms with E-state index in [4.69, 9.17) is 0 Å². The zero-order valence-corrected chi connectivity index (χ0v) is 15.0. The first-order chi connectivity index (χ1) is 12.8. The minimum absolute atomic E-state index is 0.0643. The normalized spacial score (nSPS) is 23.8. The molecule has 4 nitrogen and oxygen atoms in total. The molecule has 27 heavy (non-hydrogen) atoms. The molecular formula is C20H23F3N2O2. The second-order valence-corrected chi connectivity index (χ2v) is 7.12. The lowest BCUT2D eigenvalue weighted by Gasteiger charge is -2.33. The molecule has 1 aromatic rings. The molecule has 1 aliphatic carbocycles. The fraction of sp³-hybridized carbons (Fsp3) is 0.500. The Kier molecular flexibility index (Phi) is 5.87. The van der Waals surface area contributed by atoms with Crippen LogP contribution in [0.15, 0.2) is 30.3 Å². The first-order valence-electron chi connectivity index (χ1n) is 9.30. The highest BCUT2D eigenvalue weighted by Gasteiger charge is 2.45. The molecule has 2 aliphatic rings. The number of alkyl halides is 3. The van der Waals surface area contributed by atoms with Gasteiger partial charge in [-0.1, -0.05) is 25.0 Å². The van der Waals surface area contributed by atoms with E-state index in [-0.39, 0.29) is 12.3 Å². The Labute approximate surface area is 156 Å². The monoisotopic (exact) mass is 380 g/mol. The number of amides is 2. The van der Waals surface area contributed by atoms with Crippen molar-refractivity contribution in [3.63, 3.8) is 0 Å². The number of anilines is 1. The fourth-order valence-corrected chi connectivity index (χ4v) is 3.78. The van der Waals surface area contributed by atoms with Crippen molar-refractivity contribution in [3.05, 3.63) is 35.9 Å². The van der Waals surface area contributed by atoms with E-state index in [0.717, 1.165) is 17.7 Å². The summed E-state index contributed by atoms with van der Waals surface area (Å²) in [7, 11) is 0. The molecule has 2 atom stereocenters. The smallest absolute Gasteiger partial charge is 0.349 e. The van der Waals surface area contributed by atoms with Crippen molar-refractivity contribution in [2.45, 2.75) is 50.7 Å². The van der Waals surface area contributed by atoms with Gasteiger partial charge in [-0.15, -0.1) is 0 Å². The molecule has 3 rings (SSSR count). The molecule has 0 spiro atoms. The number of hydrogen-bond donors (Lipinski definition) is 1. The SMILES string of the molecule is O=C(/C=C/c1ccc(N2CCCC2=O)cc1)N[C@H]1CCCC[C@@H]1C(F)(F)F. The first-order valence-corrected chi connectivity index (χ1v) is 9.30. The molecule has 1 aliphatic heterocycles. The van der Waals surface area contributed by atoms with Crippen LogP contribution in [0.25, 0.3) is 6.08 Å². The molecular weight excluding hydrogens is 357 g/mol. The summed E-state index contributed by atoms with van der Waals surface area (Å²) in [5, 5.41) is 2.51. The minimum Gasteiger partial charge on any atom is -0.349 e. The van der Waals surface area contributed by atoms with Crippen LogP contribution in [0.5, 0.6) is 0 Å². The van der Waals surface area contributed by atoms with E-state index in [1.54, 1.807) is 23.1 Å². The molecule has 146 valence electrons. The lowest BCUT2D eigenvalue weighted by Crippen LogP contribution is -2.47. The molecule has 2 amide bonds. The maximum atomic E-state index is 13.1. The summed E-state index contributed by atoms with van der Waals surface area (Å²) in [4.78, 5) is 25.5. The van der Waals surface area contributed by atoms with Crippen molar-refractivity contribution in [1.82, 2.24) is 5.32 Å². The summed E-state index contributed by atoms with van der Waals surface area (Å²) in [5.74, 6) is -1.89. The minimum atomic E-state index is -4.29. The lowest BCUT2D eigenvalue weighted by atomic mass is 9.84. The van der Waals surface area contributed by atoms with Gasteiger partial charge in [0.1, 0.15) is 0 Å². The van der Waals surface area contributed by atoms with E-state index < -0.39 is 24.0 Å². The highest BCUT2D eigenvalue weighted by atomic mass is 19.4. The van der Waals surface area contributed by atoms with E-state index in [2.05, 4.69) is 5.32 Å². The van der Waals surface area contributed by atoms with E-state index >= 15 is 0 Å². The Bertz CT molecular complexity index is 713. The highest BCUT2D eigenvalue weighted by molar-refractivity contribution is 5.95. The zero-order valence-electron chi connectivity index (χ0n) is 15.0. The predicted octanol–water partition coefficient (Wildman–Crippen LogP) is 4.06. The van der Waals surface area contributed by atoms with Gasteiger partial charge in [0.25, 0.3) is 0 Å². The van der Waals surface area contributed by atoms with Crippen molar-refractivity contribution < 1.29 is 22.8 Å². The Morgan fingerprint density at radius 3 is 2.44 bits per heavy atom. The number of carbonyl (C=O) groups excluding carboxylic acids is 2. The zero-order chi connectivity index (χ0) is 19.4. The Morgan fingerprint density at radius 2 is 1.81 bits per heavy atom. The molecule has 7 heteroatoms. The quantitative estimate of drug-likeness (QED) is 0.801.